The third kappa shape index (κ3) is 1.98. The molecule has 3 rings (SSSR count). The summed E-state index contributed by atoms with van der Waals surface area (Å²) in [6, 6.07) is 5.74. The van der Waals surface area contributed by atoms with Gasteiger partial charge in [-0.25, -0.2) is 0 Å². The van der Waals surface area contributed by atoms with Crippen molar-refractivity contribution in [2.75, 3.05) is 20.8 Å². The van der Waals surface area contributed by atoms with E-state index in [0.717, 1.165) is 24.3 Å². The van der Waals surface area contributed by atoms with Crippen LogP contribution in [0.4, 0.5) is 0 Å². The van der Waals surface area contributed by atoms with Gasteiger partial charge in [-0.1, -0.05) is 6.07 Å². The molecule has 1 aromatic rings. The molecule has 4 nitrogen and oxygen atoms in total. The zero-order chi connectivity index (χ0) is 11.8. The van der Waals surface area contributed by atoms with Crippen LogP contribution in [0, 0.1) is 5.92 Å². The SMILES string of the molecule is COc1ccc(C2OCC3CC3O2)cc1OC. The summed E-state index contributed by atoms with van der Waals surface area (Å²) in [5, 5.41) is 0. The van der Waals surface area contributed by atoms with E-state index in [-0.39, 0.29) is 6.29 Å². The van der Waals surface area contributed by atoms with Gasteiger partial charge in [-0.05, 0) is 18.6 Å². The molecular weight excluding hydrogens is 220 g/mol. The highest BCUT2D eigenvalue weighted by Gasteiger charge is 2.44. The Hall–Kier alpha value is -1.26. The van der Waals surface area contributed by atoms with Gasteiger partial charge in [-0.15, -0.1) is 0 Å². The van der Waals surface area contributed by atoms with Gasteiger partial charge in [0.25, 0.3) is 0 Å². The molecule has 1 heterocycles. The number of rotatable bonds is 3. The molecule has 1 aromatic carbocycles. The van der Waals surface area contributed by atoms with Gasteiger partial charge >= 0.3 is 0 Å². The van der Waals surface area contributed by atoms with E-state index in [1.54, 1.807) is 14.2 Å². The van der Waals surface area contributed by atoms with Crippen LogP contribution in [0.3, 0.4) is 0 Å². The van der Waals surface area contributed by atoms with Crippen molar-refractivity contribution in [1.82, 2.24) is 0 Å². The van der Waals surface area contributed by atoms with Crippen LogP contribution in [0.25, 0.3) is 0 Å². The highest BCUT2D eigenvalue weighted by Crippen LogP contribution is 2.44. The van der Waals surface area contributed by atoms with Gasteiger partial charge in [0.2, 0.25) is 0 Å². The molecule has 0 aromatic heterocycles. The normalized spacial score (nSPS) is 30.6. The Balaban J connectivity index is 1.82. The number of benzene rings is 1. The molecule has 92 valence electrons. The molecule has 2 aliphatic rings. The van der Waals surface area contributed by atoms with Crippen LogP contribution in [0.1, 0.15) is 18.3 Å². The van der Waals surface area contributed by atoms with Crippen LogP contribution in [0.2, 0.25) is 0 Å². The van der Waals surface area contributed by atoms with Gasteiger partial charge in [0.15, 0.2) is 17.8 Å². The van der Waals surface area contributed by atoms with Crippen LogP contribution < -0.4 is 9.47 Å². The van der Waals surface area contributed by atoms with Crippen LogP contribution in [-0.2, 0) is 9.47 Å². The fraction of sp³-hybridized carbons (Fsp3) is 0.538. The molecule has 4 heteroatoms. The molecule has 1 saturated heterocycles. The van der Waals surface area contributed by atoms with Crippen molar-refractivity contribution in [2.45, 2.75) is 18.8 Å². The van der Waals surface area contributed by atoms with Crippen molar-refractivity contribution < 1.29 is 18.9 Å². The van der Waals surface area contributed by atoms with Gasteiger partial charge < -0.3 is 18.9 Å². The molecule has 1 aliphatic heterocycles. The summed E-state index contributed by atoms with van der Waals surface area (Å²) in [5.74, 6) is 2.04. The number of hydrogen-bond acceptors (Lipinski definition) is 4. The summed E-state index contributed by atoms with van der Waals surface area (Å²) < 4.78 is 21.9. The van der Waals surface area contributed by atoms with E-state index < -0.39 is 0 Å². The van der Waals surface area contributed by atoms with E-state index in [1.807, 2.05) is 18.2 Å². The van der Waals surface area contributed by atoms with Crippen LogP contribution in [-0.4, -0.2) is 26.9 Å². The molecule has 0 N–H and O–H groups in total. The Morgan fingerprint density at radius 2 is 2.00 bits per heavy atom. The average Bonchev–Trinajstić information content (AvgIpc) is 3.16. The van der Waals surface area contributed by atoms with E-state index in [9.17, 15) is 0 Å². The molecule has 0 bridgehead atoms. The topological polar surface area (TPSA) is 36.9 Å². The Morgan fingerprint density at radius 3 is 2.71 bits per heavy atom. The van der Waals surface area contributed by atoms with E-state index in [1.165, 1.54) is 0 Å². The molecule has 3 unspecified atom stereocenters. The predicted octanol–water partition coefficient (Wildman–Crippen LogP) is 2.14. The third-order valence-corrected chi connectivity index (χ3v) is 3.30. The first-order valence-corrected chi connectivity index (χ1v) is 5.81. The average molecular weight is 236 g/mol. The highest BCUT2D eigenvalue weighted by atomic mass is 16.7. The maximum atomic E-state index is 5.80. The fourth-order valence-corrected chi connectivity index (χ4v) is 2.15. The third-order valence-electron chi connectivity index (χ3n) is 3.30. The lowest BCUT2D eigenvalue weighted by Gasteiger charge is -2.23. The number of ether oxygens (including phenoxy) is 4. The molecule has 0 amide bonds. The summed E-state index contributed by atoms with van der Waals surface area (Å²) in [4.78, 5) is 0. The van der Waals surface area contributed by atoms with Crippen molar-refractivity contribution in [3.8, 4) is 11.5 Å². The molecular formula is C13H16O4. The van der Waals surface area contributed by atoms with Crippen molar-refractivity contribution in [3.63, 3.8) is 0 Å². The summed E-state index contributed by atoms with van der Waals surface area (Å²) in [6.07, 6.45) is 1.25. The summed E-state index contributed by atoms with van der Waals surface area (Å²) in [6.45, 7) is 0.795. The monoisotopic (exact) mass is 236 g/mol. The number of fused-ring (bicyclic) bond motifs is 1. The first kappa shape index (κ1) is 10.9. The highest BCUT2D eigenvalue weighted by molar-refractivity contribution is 5.43. The first-order chi connectivity index (χ1) is 8.31. The minimum absolute atomic E-state index is 0.265. The van der Waals surface area contributed by atoms with Gasteiger partial charge in [0, 0.05) is 11.5 Å². The minimum atomic E-state index is -0.265. The summed E-state index contributed by atoms with van der Waals surface area (Å²) >= 11 is 0. The predicted molar refractivity (Wildman–Crippen MR) is 61.2 cm³/mol. The maximum Gasteiger partial charge on any atom is 0.184 e. The second kappa shape index (κ2) is 4.20. The van der Waals surface area contributed by atoms with E-state index in [4.69, 9.17) is 18.9 Å². The van der Waals surface area contributed by atoms with Crippen LogP contribution in [0.15, 0.2) is 18.2 Å². The Bertz CT molecular complexity index is 418. The lowest BCUT2D eigenvalue weighted by molar-refractivity contribution is -0.188. The van der Waals surface area contributed by atoms with Crippen molar-refractivity contribution in [2.24, 2.45) is 5.92 Å². The fourth-order valence-electron chi connectivity index (χ4n) is 2.15. The second-order valence-corrected chi connectivity index (χ2v) is 4.45. The lowest BCUT2D eigenvalue weighted by atomic mass is 10.2. The largest absolute Gasteiger partial charge is 0.493 e. The molecule has 3 atom stereocenters. The Kier molecular flexibility index (Phi) is 2.68. The summed E-state index contributed by atoms with van der Waals surface area (Å²) in [5.41, 5.74) is 0.980. The molecule has 0 radical (unpaired) electrons. The van der Waals surface area contributed by atoms with Crippen molar-refractivity contribution in [3.05, 3.63) is 23.8 Å². The first-order valence-electron chi connectivity index (χ1n) is 5.81. The van der Waals surface area contributed by atoms with Crippen molar-refractivity contribution in [1.29, 1.82) is 0 Å². The van der Waals surface area contributed by atoms with E-state index in [0.29, 0.717) is 17.8 Å². The quantitative estimate of drug-likeness (QED) is 0.805. The van der Waals surface area contributed by atoms with Gasteiger partial charge in [0.05, 0.1) is 26.9 Å². The van der Waals surface area contributed by atoms with Gasteiger partial charge in [0.1, 0.15) is 0 Å². The summed E-state index contributed by atoms with van der Waals surface area (Å²) in [7, 11) is 3.25. The number of hydrogen-bond donors (Lipinski definition) is 0. The zero-order valence-electron chi connectivity index (χ0n) is 10.0. The maximum absolute atomic E-state index is 5.80. The van der Waals surface area contributed by atoms with Crippen LogP contribution >= 0.6 is 0 Å². The molecule has 1 aliphatic carbocycles. The van der Waals surface area contributed by atoms with E-state index in [2.05, 4.69) is 0 Å². The van der Waals surface area contributed by atoms with Crippen molar-refractivity contribution >= 4 is 0 Å². The zero-order valence-corrected chi connectivity index (χ0v) is 10.0. The van der Waals surface area contributed by atoms with E-state index >= 15 is 0 Å². The number of methoxy groups -OCH3 is 2. The second-order valence-electron chi connectivity index (χ2n) is 4.45. The Morgan fingerprint density at radius 1 is 1.18 bits per heavy atom. The van der Waals surface area contributed by atoms with Gasteiger partial charge in [-0.2, -0.15) is 0 Å². The molecule has 2 fully saturated rings. The Labute approximate surface area is 100 Å². The smallest absolute Gasteiger partial charge is 0.184 e. The van der Waals surface area contributed by atoms with Gasteiger partial charge in [-0.3, -0.25) is 0 Å². The molecule has 17 heavy (non-hydrogen) atoms. The standard InChI is InChI=1S/C13H16O4/c1-14-10-4-3-8(5-12(10)15-2)13-16-7-9-6-11(9)17-13/h3-5,9,11,13H,6-7H2,1-2H3. The minimum Gasteiger partial charge on any atom is -0.493 e. The van der Waals surface area contributed by atoms with Crippen LogP contribution in [0.5, 0.6) is 11.5 Å². The molecule has 0 spiro atoms. The lowest BCUT2D eigenvalue weighted by Crippen LogP contribution is -2.19. The molecule has 1 saturated carbocycles.